The second-order valence-electron chi connectivity index (χ2n) is 7.82. The monoisotopic (exact) mass is 392 g/mol. The molecule has 1 amide bonds. The van der Waals surface area contributed by atoms with Crippen LogP contribution >= 0.6 is 0 Å². The van der Waals surface area contributed by atoms with Crippen molar-refractivity contribution in [1.82, 2.24) is 19.7 Å². The summed E-state index contributed by atoms with van der Waals surface area (Å²) in [6, 6.07) is 13.8. The highest BCUT2D eigenvalue weighted by atomic mass is 19.1. The number of rotatable bonds is 4. The fraction of sp³-hybridized carbons (Fsp3) is 0.318. The van der Waals surface area contributed by atoms with Crippen LogP contribution in [-0.4, -0.2) is 38.7 Å². The molecule has 2 fully saturated rings. The molecular formula is C22H21FN4O2. The van der Waals surface area contributed by atoms with E-state index in [0.29, 0.717) is 24.6 Å². The van der Waals surface area contributed by atoms with E-state index in [2.05, 4.69) is 10.2 Å². The summed E-state index contributed by atoms with van der Waals surface area (Å²) in [5.41, 5.74) is 2.05. The fourth-order valence-electron chi connectivity index (χ4n) is 4.06. The Morgan fingerprint density at radius 2 is 1.86 bits per heavy atom. The molecule has 0 spiro atoms. The van der Waals surface area contributed by atoms with Gasteiger partial charge >= 0.3 is 5.69 Å². The first-order chi connectivity index (χ1) is 14.1. The molecule has 7 heteroatoms. The van der Waals surface area contributed by atoms with E-state index in [0.717, 1.165) is 30.4 Å². The molecule has 1 atom stereocenters. The lowest BCUT2D eigenvalue weighted by Crippen LogP contribution is -2.30. The molecule has 2 aromatic carbocycles. The van der Waals surface area contributed by atoms with Crippen molar-refractivity contribution in [2.75, 3.05) is 13.1 Å². The highest BCUT2D eigenvalue weighted by molar-refractivity contribution is 5.81. The van der Waals surface area contributed by atoms with Crippen LogP contribution in [-0.2, 0) is 4.79 Å². The number of nitrogens with one attached hydrogen (secondary N) is 1. The number of benzene rings is 2. The summed E-state index contributed by atoms with van der Waals surface area (Å²) in [4.78, 5) is 26.7. The van der Waals surface area contributed by atoms with Crippen LogP contribution in [0.5, 0.6) is 0 Å². The van der Waals surface area contributed by atoms with Crippen LogP contribution in [0.1, 0.15) is 31.0 Å². The lowest BCUT2D eigenvalue weighted by Gasteiger charge is -2.16. The first-order valence-corrected chi connectivity index (χ1v) is 9.92. The van der Waals surface area contributed by atoms with Crippen LogP contribution in [0.25, 0.3) is 16.8 Å². The maximum Gasteiger partial charge on any atom is 0.347 e. The molecule has 148 valence electrons. The predicted molar refractivity (Wildman–Crippen MR) is 106 cm³/mol. The Kier molecular flexibility index (Phi) is 4.30. The standard InChI is InChI=1S/C22H21FN4O2/c23-18-3-1-2-16(12-18)14-6-8-19(9-7-14)27-20(24-25-22(27)29)17-10-11-26(13-17)21(28)15-4-5-15/h1-3,6-9,12,15,17H,4-5,10-11,13H2,(H,25,29). The molecule has 1 aliphatic heterocycles. The largest absolute Gasteiger partial charge is 0.347 e. The van der Waals surface area contributed by atoms with Gasteiger partial charge in [0.05, 0.1) is 5.69 Å². The molecule has 1 saturated carbocycles. The van der Waals surface area contributed by atoms with E-state index >= 15 is 0 Å². The van der Waals surface area contributed by atoms with Crippen molar-refractivity contribution in [2.45, 2.75) is 25.2 Å². The minimum Gasteiger partial charge on any atom is -0.342 e. The molecule has 1 saturated heterocycles. The summed E-state index contributed by atoms with van der Waals surface area (Å²) in [7, 11) is 0. The van der Waals surface area contributed by atoms with Gasteiger partial charge in [0.25, 0.3) is 0 Å². The Bertz CT molecular complexity index is 1110. The van der Waals surface area contributed by atoms with Crippen LogP contribution in [0, 0.1) is 11.7 Å². The maximum atomic E-state index is 13.5. The van der Waals surface area contributed by atoms with E-state index < -0.39 is 0 Å². The van der Waals surface area contributed by atoms with E-state index in [-0.39, 0.29) is 29.2 Å². The number of likely N-dealkylation sites (tertiary alicyclic amines) is 1. The number of amides is 1. The van der Waals surface area contributed by atoms with Gasteiger partial charge in [-0.05, 0) is 54.7 Å². The van der Waals surface area contributed by atoms with E-state index in [1.807, 2.05) is 35.2 Å². The average molecular weight is 392 g/mol. The van der Waals surface area contributed by atoms with Gasteiger partial charge in [0.1, 0.15) is 11.6 Å². The zero-order chi connectivity index (χ0) is 20.0. The maximum absolute atomic E-state index is 13.5. The molecule has 1 unspecified atom stereocenters. The van der Waals surface area contributed by atoms with Crippen LogP contribution < -0.4 is 5.69 Å². The van der Waals surface area contributed by atoms with Crippen molar-refractivity contribution in [3.8, 4) is 16.8 Å². The second-order valence-corrected chi connectivity index (χ2v) is 7.82. The van der Waals surface area contributed by atoms with Gasteiger partial charge in [0.2, 0.25) is 5.91 Å². The zero-order valence-corrected chi connectivity index (χ0v) is 15.8. The third-order valence-corrected chi connectivity index (χ3v) is 5.77. The van der Waals surface area contributed by atoms with Crippen molar-refractivity contribution in [2.24, 2.45) is 5.92 Å². The molecule has 3 aromatic rings. The molecule has 29 heavy (non-hydrogen) atoms. The quantitative estimate of drug-likeness (QED) is 0.742. The third kappa shape index (κ3) is 3.37. The van der Waals surface area contributed by atoms with Gasteiger partial charge in [-0.15, -0.1) is 0 Å². The number of aromatic amines is 1. The molecular weight excluding hydrogens is 371 g/mol. The number of hydrogen-bond donors (Lipinski definition) is 1. The number of nitrogens with zero attached hydrogens (tertiary/aromatic N) is 3. The average Bonchev–Trinajstić information content (AvgIpc) is 3.34. The molecule has 0 bridgehead atoms. The summed E-state index contributed by atoms with van der Waals surface area (Å²) in [5.74, 6) is 0.826. The number of aromatic nitrogens is 3. The Morgan fingerprint density at radius 3 is 2.59 bits per heavy atom. The summed E-state index contributed by atoms with van der Waals surface area (Å²) in [5, 5.41) is 6.81. The lowest BCUT2D eigenvalue weighted by atomic mass is 10.0. The Hall–Kier alpha value is -3.22. The smallest absolute Gasteiger partial charge is 0.342 e. The summed E-state index contributed by atoms with van der Waals surface area (Å²) in [6.07, 6.45) is 2.78. The number of H-pyrrole nitrogens is 1. The molecule has 1 N–H and O–H groups in total. The van der Waals surface area contributed by atoms with Crippen molar-refractivity contribution in [3.05, 3.63) is 70.7 Å². The van der Waals surface area contributed by atoms with Crippen LogP contribution in [0.3, 0.4) is 0 Å². The van der Waals surface area contributed by atoms with E-state index in [1.54, 1.807) is 10.6 Å². The normalized spacial score (nSPS) is 18.9. The molecule has 1 aromatic heterocycles. The van der Waals surface area contributed by atoms with Gasteiger partial charge in [-0.3, -0.25) is 4.79 Å². The van der Waals surface area contributed by atoms with E-state index in [1.165, 1.54) is 12.1 Å². The molecule has 0 radical (unpaired) electrons. The van der Waals surface area contributed by atoms with E-state index in [4.69, 9.17) is 0 Å². The zero-order valence-electron chi connectivity index (χ0n) is 15.8. The molecule has 6 nitrogen and oxygen atoms in total. The third-order valence-electron chi connectivity index (χ3n) is 5.77. The van der Waals surface area contributed by atoms with Gasteiger partial charge in [-0.25, -0.2) is 18.9 Å². The Balaban J connectivity index is 1.41. The minimum absolute atomic E-state index is 0.0274. The molecule has 1 aliphatic carbocycles. The fourth-order valence-corrected chi connectivity index (χ4v) is 4.06. The van der Waals surface area contributed by atoms with Gasteiger partial charge in [-0.1, -0.05) is 24.3 Å². The summed E-state index contributed by atoms with van der Waals surface area (Å²) in [6.45, 7) is 1.31. The molecule has 2 aliphatic rings. The van der Waals surface area contributed by atoms with Crippen LogP contribution in [0.4, 0.5) is 4.39 Å². The lowest BCUT2D eigenvalue weighted by molar-refractivity contribution is -0.131. The number of carbonyl (C=O) groups excluding carboxylic acids is 1. The topological polar surface area (TPSA) is 71.0 Å². The molecule has 5 rings (SSSR count). The van der Waals surface area contributed by atoms with Crippen molar-refractivity contribution >= 4 is 5.91 Å². The Labute approximate surface area is 167 Å². The van der Waals surface area contributed by atoms with Gasteiger partial charge < -0.3 is 4.90 Å². The van der Waals surface area contributed by atoms with Crippen molar-refractivity contribution in [1.29, 1.82) is 0 Å². The number of halogens is 1. The van der Waals surface area contributed by atoms with Crippen molar-refractivity contribution < 1.29 is 9.18 Å². The van der Waals surface area contributed by atoms with Crippen molar-refractivity contribution in [3.63, 3.8) is 0 Å². The SMILES string of the molecule is O=C(C1CC1)N1CCC(c2n[nH]c(=O)n2-c2ccc(-c3cccc(F)c3)cc2)C1. The summed E-state index contributed by atoms with van der Waals surface area (Å²) < 4.78 is 15.1. The Morgan fingerprint density at radius 1 is 1.07 bits per heavy atom. The summed E-state index contributed by atoms with van der Waals surface area (Å²) >= 11 is 0. The van der Waals surface area contributed by atoms with E-state index in [9.17, 15) is 14.0 Å². The predicted octanol–water partition coefficient (Wildman–Crippen LogP) is 3.09. The first-order valence-electron chi connectivity index (χ1n) is 9.92. The van der Waals surface area contributed by atoms with Crippen LogP contribution in [0.2, 0.25) is 0 Å². The highest BCUT2D eigenvalue weighted by Gasteiger charge is 2.38. The number of carbonyl (C=O) groups is 1. The highest BCUT2D eigenvalue weighted by Crippen LogP contribution is 2.35. The molecule has 2 heterocycles. The first kappa shape index (κ1) is 17.8. The second kappa shape index (κ2) is 6.99. The number of hydrogen-bond acceptors (Lipinski definition) is 3. The van der Waals surface area contributed by atoms with Gasteiger partial charge in [0, 0.05) is 24.9 Å². The minimum atomic E-state index is -0.300. The van der Waals surface area contributed by atoms with Gasteiger partial charge in [-0.2, -0.15) is 5.10 Å². The van der Waals surface area contributed by atoms with Gasteiger partial charge in [0.15, 0.2) is 0 Å². The van der Waals surface area contributed by atoms with Crippen LogP contribution in [0.15, 0.2) is 53.3 Å².